The Morgan fingerprint density at radius 1 is 0.852 bits per heavy atom. The van der Waals surface area contributed by atoms with Crippen molar-refractivity contribution in [3.63, 3.8) is 0 Å². The minimum Gasteiger partial charge on any atom is -0.224 e. The Kier molecular flexibility index (Phi) is 6.03. The second-order valence-corrected chi connectivity index (χ2v) is 11.1. The number of nitrogens with zero attached hydrogens (tertiary/aromatic N) is 1. The van der Waals surface area contributed by atoms with Crippen LogP contribution in [0.4, 0.5) is 0 Å². The highest BCUT2D eigenvalue weighted by atomic mass is 32.2. The fourth-order valence-corrected chi connectivity index (χ4v) is 6.29. The molecule has 0 aromatic heterocycles. The van der Waals surface area contributed by atoms with Gasteiger partial charge in [0.05, 0.1) is 15.5 Å². The van der Waals surface area contributed by atoms with E-state index in [9.17, 15) is 16.8 Å². The number of aryl methyl sites for hydroxylation is 1. The number of hydrogen-bond acceptors (Lipinski definition) is 4. The molecule has 2 aromatic rings. The van der Waals surface area contributed by atoms with Gasteiger partial charge in [0, 0.05) is 13.1 Å². The maximum absolute atomic E-state index is 12.7. The zero-order valence-electron chi connectivity index (χ0n) is 15.4. The minimum absolute atomic E-state index is 0.104. The van der Waals surface area contributed by atoms with Crippen molar-refractivity contribution in [2.45, 2.75) is 36.0 Å². The molecule has 1 aliphatic rings. The molecule has 0 radical (unpaired) electrons. The minimum atomic E-state index is -3.47. The molecule has 27 heavy (non-hydrogen) atoms. The summed E-state index contributed by atoms with van der Waals surface area (Å²) >= 11 is 0. The first kappa shape index (κ1) is 20.0. The largest absolute Gasteiger partial charge is 0.243 e. The van der Waals surface area contributed by atoms with Crippen molar-refractivity contribution >= 4 is 19.9 Å². The van der Waals surface area contributed by atoms with Crippen molar-refractivity contribution in [3.05, 3.63) is 60.2 Å². The number of benzene rings is 2. The molecule has 5 nitrogen and oxygen atoms in total. The first-order valence-corrected chi connectivity index (χ1v) is 12.2. The summed E-state index contributed by atoms with van der Waals surface area (Å²) in [7, 11) is -6.75. The van der Waals surface area contributed by atoms with Crippen LogP contribution < -0.4 is 0 Å². The summed E-state index contributed by atoms with van der Waals surface area (Å²) < 4.78 is 51.8. The van der Waals surface area contributed by atoms with Crippen LogP contribution in [0.2, 0.25) is 0 Å². The quantitative estimate of drug-likeness (QED) is 0.737. The van der Waals surface area contributed by atoms with Crippen LogP contribution in [-0.2, 0) is 19.9 Å². The van der Waals surface area contributed by atoms with Gasteiger partial charge >= 0.3 is 0 Å². The molecular weight excluding hydrogens is 382 g/mol. The Hall–Kier alpha value is -1.70. The molecule has 0 amide bonds. The van der Waals surface area contributed by atoms with E-state index in [2.05, 4.69) is 0 Å². The Balaban J connectivity index is 1.57. The van der Waals surface area contributed by atoms with Gasteiger partial charge in [-0.15, -0.1) is 0 Å². The molecule has 146 valence electrons. The lowest BCUT2D eigenvalue weighted by Crippen LogP contribution is -2.38. The third kappa shape index (κ3) is 4.78. The van der Waals surface area contributed by atoms with Crippen molar-refractivity contribution < 1.29 is 16.8 Å². The lowest BCUT2D eigenvalue weighted by molar-refractivity contribution is 0.269. The van der Waals surface area contributed by atoms with E-state index < -0.39 is 19.9 Å². The summed E-state index contributed by atoms with van der Waals surface area (Å²) in [6, 6.07) is 15.4. The smallest absolute Gasteiger partial charge is 0.224 e. The summed E-state index contributed by atoms with van der Waals surface area (Å²) in [4.78, 5) is 0.669. The molecule has 0 spiro atoms. The molecule has 0 saturated carbocycles. The highest BCUT2D eigenvalue weighted by molar-refractivity contribution is 7.91. The average molecular weight is 408 g/mol. The summed E-state index contributed by atoms with van der Waals surface area (Å²) in [5.74, 6) is 0.333. The van der Waals surface area contributed by atoms with Crippen molar-refractivity contribution in [1.82, 2.24) is 4.31 Å². The Bertz CT molecular complexity index is 960. The van der Waals surface area contributed by atoms with E-state index >= 15 is 0 Å². The second-order valence-electron chi connectivity index (χ2n) is 7.08. The topological polar surface area (TPSA) is 71.5 Å². The molecule has 1 fully saturated rings. The second kappa shape index (κ2) is 8.12. The van der Waals surface area contributed by atoms with Crippen LogP contribution in [0.15, 0.2) is 64.4 Å². The molecule has 0 bridgehead atoms. The molecule has 1 heterocycles. The van der Waals surface area contributed by atoms with Gasteiger partial charge in [-0.05, 0) is 56.4 Å². The van der Waals surface area contributed by atoms with Gasteiger partial charge in [0.2, 0.25) is 10.0 Å². The van der Waals surface area contributed by atoms with Crippen LogP contribution in [0.3, 0.4) is 0 Å². The molecule has 1 saturated heterocycles. The molecule has 0 atom stereocenters. The fourth-order valence-electron chi connectivity index (χ4n) is 3.37. The molecule has 0 unspecified atom stereocenters. The van der Waals surface area contributed by atoms with Gasteiger partial charge in [-0.3, -0.25) is 0 Å². The van der Waals surface area contributed by atoms with E-state index in [1.54, 1.807) is 54.6 Å². The van der Waals surface area contributed by atoms with Crippen LogP contribution in [0.25, 0.3) is 0 Å². The Morgan fingerprint density at radius 3 is 2.04 bits per heavy atom. The first-order valence-electron chi connectivity index (χ1n) is 9.14. The monoisotopic (exact) mass is 407 g/mol. The molecule has 1 aliphatic heterocycles. The predicted molar refractivity (Wildman–Crippen MR) is 106 cm³/mol. The maximum Gasteiger partial charge on any atom is 0.243 e. The van der Waals surface area contributed by atoms with E-state index in [0.717, 1.165) is 5.56 Å². The van der Waals surface area contributed by atoms with Crippen molar-refractivity contribution in [2.75, 3.05) is 18.8 Å². The molecule has 3 rings (SSSR count). The third-order valence-electron chi connectivity index (χ3n) is 5.13. The highest BCUT2D eigenvalue weighted by Gasteiger charge is 2.30. The number of hydrogen-bond donors (Lipinski definition) is 0. The van der Waals surface area contributed by atoms with Gasteiger partial charge < -0.3 is 0 Å². The number of piperidine rings is 1. The lowest BCUT2D eigenvalue weighted by atomic mass is 9.96. The van der Waals surface area contributed by atoms with Gasteiger partial charge in [0.25, 0.3) is 0 Å². The Morgan fingerprint density at radius 2 is 1.44 bits per heavy atom. The molecule has 0 aliphatic carbocycles. The van der Waals surface area contributed by atoms with Crippen LogP contribution in [0.1, 0.15) is 24.8 Å². The van der Waals surface area contributed by atoms with E-state index in [1.165, 1.54) is 4.31 Å². The van der Waals surface area contributed by atoms with Gasteiger partial charge in [-0.1, -0.05) is 35.9 Å². The molecular formula is C20H25NO4S2. The summed E-state index contributed by atoms with van der Waals surface area (Å²) in [5.41, 5.74) is 1.02. The third-order valence-corrected chi connectivity index (χ3v) is 8.81. The summed E-state index contributed by atoms with van der Waals surface area (Å²) in [5, 5.41) is 0. The van der Waals surface area contributed by atoms with Gasteiger partial charge in [-0.25, -0.2) is 16.8 Å². The van der Waals surface area contributed by atoms with Crippen molar-refractivity contribution in [3.8, 4) is 0 Å². The first-order chi connectivity index (χ1) is 12.8. The average Bonchev–Trinajstić information content (AvgIpc) is 2.68. The number of sulfonamides is 1. The van der Waals surface area contributed by atoms with Crippen LogP contribution in [0, 0.1) is 12.8 Å². The summed E-state index contributed by atoms with van der Waals surface area (Å²) in [6.45, 7) is 2.80. The lowest BCUT2D eigenvalue weighted by Gasteiger charge is -2.31. The predicted octanol–water partition coefficient (Wildman–Crippen LogP) is 3.26. The molecule has 0 N–H and O–H groups in total. The van der Waals surface area contributed by atoms with E-state index in [-0.39, 0.29) is 11.7 Å². The maximum atomic E-state index is 12.7. The highest BCUT2D eigenvalue weighted by Crippen LogP contribution is 2.27. The van der Waals surface area contributed by atoms with Gasteiger partial charge in [0.1, 0.15) is 0 Å². The normalized spacial score (nSPS) is 17.1. The van der Waals surface area contributed by atoms with Crippen LogP contribution >= 0.6 is 0 Å². The van der Waals surface area contributed by atoms with E-state index in [0.29, 0.717) is 42.1 Å². The van der Waals surface area contributed by atoms with Crippen molar-refractivity contribution in [1.29, 1.82) is 0 Å². The van der Waals surface area contributed by atoms with Gasteiger partial charge in [0.15, 0.2) is 9.84 Å². The van der Waals surface area contributed by atoms with Crippen LogP contribution in [0.5, 0.6) is 0 Å². The zero-order chi connectivity index (χ0) is 19.5. The zero-order valence-corrected chi connectivity index (χ0v) is 17.0. The standard InChI is InChI=1S/C20H25NO4S2/c1-17-7-9-20(10-8-17)27(24,25)21-14-11-18(12-15-21)13-16-26(22,23)19-5-3-2-4-6-19/h2-10,18H,11-16H2,1H3. The van der Waals surface area contributed by atoms with E-state index in [1.807, 2.05) is 6.92 Å². The van der Waals surface area contributed by atoms with Crippen molar-refractivity contribution in [2.24, 2.45) is 5.92 Å². The fraction of sp³-hybridized carbons (Fsp3) is 0.400. The molecule has 7 heteroatoms. The summed E-state index contributed by atoms with van der Waals surface area (Å²) in [6.07, 6.45) is 1.94. The Labute approximate surface area is 162 Å². The number of sulfone groups is 1. The van der Waals surface area contributed by atoms with Crippen LogP contribution in [-0.4, -0.2) is 40.0 Å². The molecule has 2 aromatic carbocycles. The number of rotatable bonds is 6. The van der Waals surface area contributed by atoms with Gasteiger partial charge in [-0.2, -0.15) is 4.31 Å². The van der Waals surface area contributed by atoms with E-state index in [4.69, 9.17) is 0 Å². The SMILES string of the molecule is Cc1ccc(S(=O)(=O)N2CCC(CCS(=O)(=O)c3ccccc3)CC2)cc1.